The third-order valence-electron chi connectivity index (χ3n) is 5.11. The van der Waals surface area contributed by atoms with Crippen molar-refractivity contribution in [3.05, 3.63) is 52.3 Å². The summed E-state index contributed by atoms with van der Waals surface area (Å²) in [6.07, 6.45) is 4.98. The van der Waals surface area contributed by atoms with E-state index in [1.807, 2.05) is 24.4 Å². The average Bonchev–Trinajstić information content (AvgIpc) is 3.20. The third-order valence-corrected chi connectivity index (χ3v) is 5.11. The predicted molar refractivity (Wildman–Crippen MR) is 95.3 cm³/mol. The van der Waals surface area contributed by atoms with E-state index in [-0.39, 0.29) is 17.5 Å². The summed E-state index contributed by atoms with van der Waals surface area (Å²) in [6.45, 7) is 7.73. The molecule has 1 aliphatic carbocycles. The molecular weight excluding hydrogens is 314 g/mol. The quantitative estimate of drug-likeness (QED) is 0.911. The molecule has 25 heavy (non-hydrogen) atoms. The summed E-state index contributed by atoms with van der Waals surface area (Å²) in [4.78, 5) is 12.7. The molecule has 1 aliphatic heterocycles. The molecule has 0 spiro atoms. The first-order valence-electron chi connectivity index (χ1n) is 9.01. The van der Waals surface area contributed by atoms with E-state index in [4.69, 9.17) is 4.74 Å². The summed E-state index contributed by atoms with van der Waals surface area (Å²) in [6, 6.07) is 5.89. The van der Waals surface area contributed by atoms with Crippen LogP contribution in [-0.4, -0.2) is 15.7 Å². The smallest absolute Gasteiger partial charge is 0.251 e. The Bertz CT molecular complexity index is 817. The Labute approximate surface area is 148 Å². The fourth-order valence-corrected chi connectivity index (χ4v) is 3.84. The fourth-order valence-electron chi connectivity index (χ4n) is 3.84. The number of rotatable bonds is 2. The summed E-state index contributed by atoms with van der Waals surface area (Å²) in [5, 5.41) is 7.81. The number of hydrogen-bond acceptors (Lipinski definition) is 3. The van der Waals surface area contributed by atoms with Crippen LogP contribution in [0.25, 0.3) is 0 Å². The number of amides is 1. The van der Waals surface area contributed by atoms with Gasteiger partial charge in [-0.25, -0.2) is 0 Å². The highest BCUT2D eigenvalue weighted by Crippen LogP contribution is 2.32. The first kappa shape index (κ1) is 16.3. The van der Waals surface area contributed by atoms with Crippen LogP contribution in [0, 0.1) is 0 Å². The number of ether oxygens (including phenoxy) is 1. The minimum Gasteiger partial charge on any atom is -0.372 e. The number of nitrogens with one attached hydrogen (secondary N) is 1. The maximum atomic E-state index is 12.7. The van der Waals surface area contributed by atoms with Crippen molar-refractivity contribution in [1.82, 2.24) is 15.1 Å². The van der Waals surface area contributed by atoms with Crippen LogP contribution in [0.5, 0.6) is 0 Å². The summed E-state index contributed by atoms with van der Waals surface area (Å²) in [7, 11) is 0. The fraction of sp³-hybridized carbons (Fsp3) is 0.500. The van der Waals surface area contributed by atoms with E-state index in [2.05, 4.69) is 35.9 Å². The number of nitrogens with zero attached hydrogens (tertiary/aromatic N) is 2. The van der Waals surface area contributed by atoms with Crippen LogP contribution in [0.4, 0.5) is 0 Å². The number of benzene rings is 1. The SMILES string of the molecule is CC(C)(C)n1ncc2c1CCC[C@H]2NC(=O)c1ccc2c(c1)COC2. The number of fused-ring (bicyclic) bond motifs is 2. The molecular formula is C20H25N3O2. The van der Waals surface area contributed by atoms with Gasteiger partial charge in [0.15, 0.2) is 0 Å². The first-order valence-corrected chi connectivity index (χ1v) is 9.01. The van der Waals surface area contributed by atoms with E-state index in [9.17, 15) is 4.79 Å². The summed E-state index contributed by atoms with van der Waals surface area (Å²) in [5.74, 6) is -0.0175. The van der Waals surface area contributed by atoms with Gasteiger partial charge in [-0.05, 0) is 63.3 Å². The molecule has 1 amide bonds. The highest BCUT2D eigenvalue weighted by molar-refractivity contribution is 5.94. The van der Waals surface area contributed by atoms with Crippen LogP contribution in [0.1, 0.15) is 72.4 Å². The van der Waals surface area contributed by atoms with Gasteiger partial charge in [0.1, 0.15) is 0 Å². The second-order valence-corrected chi connectivity index (χ2v) is 8.02. The van der Waals surface area contributed by atoms with Gasteiger partial charge in [-0.2, -0.15) is 5.10 Å². The summed E-state index contributed by atoms with van der Waals surface area (Å²) >= 11 is 0. The lowest BCUT2D eigenvalue weighted by Crippen LogP contribution is -2.32. The van der Waals surface area contributed by atoms with Crippen molar-refractivity contribution in [2.24, 2.45) is 0 Å². The van der Waals surface area contributed by atoms with Crippen molar-refractivity contribution in [2.45, 2.75) is 64.8 Å². The first-order chi connectivity index (χ1) is 11.9. The monoisotopic (exact) mass is 339 g/mol. The number of hydrogen-bond donors (Lipinski definition) is 1. The van der Waals surface area contributed by atoms with Crippen LogP contribution in [0.3, 0.4) is 0 Å². The second-order valence-electron chi connectivity index (χ2n) is 8.02. The maximum absolute atomic E-state index is 12.7. The van der Waals surface area contributed by atoms with Crippen molar-refractivity contribution >= 4 is 5.91 Å². The highest BCUT2D eigenvalue weighted by Gasteiger charge is 2.29. The molecule has 1 aromatic carbocycles. The van der Waals surface area contributed by atoms with Gasteiger partial charge in [0.25, 0.3) is 5.91 Å². The Morgan fingerprint density at radius 1 is 1.28 bits per heavy atom. The van der Waals surface area contributed by atoms with E-state index in [1.165, 1.54) is 16.8 Å². The topological polar surface area (TPSA) is 56.2 Å². The Kier molecular flexibility index (Phi) is 3.91. The third kappa shape index (κ3) is 2.97. The lowest BCUT2D eigenvalue weighted by atomic mass is 9.92. The maximum Gasteiger partial charge on any atom is 0.251 e. The van der Waals surface area contributed by atoms with Crippen molar-refractivity contribution in [3.63, 3.8) is 0 Å². The Morgan fingerprint density at radius 2 is 2.08 bits per heavy atom. The normalized spacial score (nSPS) is 19.4. The molecule has 4 rings (SSSR count). The van der Waals surface area contributed by atoms with Gasteiger partial charge in [-0.15, -0.1) is 0 Å². The zero-order valence-electron chi connectivity index (χ0n) is 15.1. The van der Waals surface area contributed by atoms with Gasteiger partial charge in [0.05, 0.1) is 31.0 Å². The lowest BCUT2D eigenvalue weighted by molar-refractivity contribution is 0.0932. The predicted octanol–water partition coefficient (Wildman–Crippen LogP) is 3.48. The molecule has 0 saturated heterocycles. The zero-order valence-corrected chi connectivity index (χ0v) is 15.1. The van der Waals surface area contributed by atoms with Gasteiger partial charge in [0, 0.05) is 16.8 Å². The Balaban J connectivity index is 1.56. The van der Waals surface area contributed by atoms with E-state index in [1.54, 1.807) is 0 Å². The number of carbonyl (C=O) groups excluding carboxylic acids is 1. The molecule has 1 atom stereocenters. The van der Waals surface area contributed by atoms with Crippen LogP contribution < -0.4 is 5.32 Å². The molecule has 1 N–H and O–H groups in total. The van der Waals surface area contributed by atoms with Crippen molar-refractivity contribution < 1.29 is 9.53 Å². The van der Waals surface area contributed by atoms with Crippen molar-refractivity contribution in [2.75, 3.05) is 0 Å². The summed E-state index contributed by atoms with van der Waals surface area (Å²) < 4.78 is 7.54. The van der Waals surface area contributed by atoms with Gasteiger partial charge in [-0.1, -0.05) is 6.07 Å². The van der Waals surface area contributed by atoms with Gasteiger partial charge in [0.2, 0.25) is 0 Å². The van der Waals surface area contributed by atoms with E-state index in [0.29, 0.717) is 18.8 Å². The van der Waals surface area contributed by atoms with Crippen LogP contribution in [-0.2, 0) is 29.9 Å². The lowest BCUT2D eigenvalue weighted by Gasteiger charge is -2.28. The molecule has 5 heteroatoms. The minimum absolute atomic E-state index is 0.0175. The molecule has 1 aromatic heterocycles. The molecule has 0 radical (unpaired) electrons. The van der Waals surface area contributed by atoms with E-state index in [0.717, 1.165) is 24.8 Å². The van der Waals surface area contributed by atoms with Crippen molar-refractivity contribution in [1.29, 1.82) is 0 Å². The molecule has 2 aliphatic rings. The molecule has 2 aromatic rings. The van der Waals surface area contributed by atoms with Crippen LogP contribution >= 0.6 is 0 Å². The second kappa shape index (κ2) is 5.99. The van der Waals surface area contributed by atoms with Gasteiger partial charge >= 0.3 is 0 Å². The Morgan fingerprint density at radius 3 is 2.88 bits per heavy atom. The van der Waals surface area contributed by atoms with Gasteiger partial charge in [-0.3, -0.25) is 9.48 Å². The molecule has 5 nitrogen and oxygen atoms in total. The number of aromatic nitrogens is 2. The van der Waals surface area contributed by atoms with Crippen LogP contribution in [0.15, 0.2) is 24.4 Å². The molecule has 0 saturated carbocycles. The molecule has 2 heterocycles. The zero-order chi connectivity index (χ0) is 17.6. The molecule has 0 bridgehead atoms. The molecule has 0 fully saturated rings. The molecule has 132 valence electrons. The van der Waals surface area contributed by atoms with Crippen molar-refractivity contribution in [3.8, 4) is 0 Å². The standard InChI is InChI=1S/C20H25N3O2/c1-20(2,3)23-18-6-4-5-17(16(18)10-21-23)22-19(24)13-7-8-14-11-25-12-15(14)9-13/h7-10,17H,4-6,11-12H2,1-3H3,(H,22,24)/t17-/m1/s1. The largest absolute Gasteiger partial charge is 0.372 e. The average molecular weight is 339 g/mol. The van der Waals surface area contributed by atoms with E-state index < -0.39 is 0 Å². The number of carbonyl (C=O) groups is 1. The highest BCUT2D eigenvalue weighted by atomic mass is 16.5. The summed E-state index contributed by atoms with van der Waals surface area (Å²) in [5.41, 5.74) is 5.39. The molecule has 0 unspecified atom stereocenters. The Hall–Kier alpha value is -2.14. The van der Waals surface area contributed by atoms with Crippen LogP contribution in [0.2, 0.25) is 0 Å². The van der Waals surface area contributed by atoms with E-state index >= 15 is 0 Å². The van der Waals surface area contributed by atoms with Gasteiger partial charge < -0.3 is 10.1 Å². The minimum atomic E-state index is -0.0422.